The van der Waals surface area contributed by atoms with E-state index in [-0.39, 0.29) is 92.1 Å². The summed E-state index contributed by atoms with van der Waals surface area (Å²) in [5.41, 5.74) is -5.17. The molecule has 1 aromatic heterocycles. The van der Waals surface area contributed by atoms with Crippen molar-refractivity contribution in [3.8, 4) is 11.8 Å². The van der Waals surface area contributed by atoms with Crippen LogP contribution in [0.15, 0.2) is 72.8 Å². The number of hydrogen-bond acceptors (Lipinski definition) is 12. The highest BCUT2D eigenvalue weighted by molar-refractivity contribution is 7.52. The van der Waals surface area contributed by atoms with Crippen molar-refractivity contribution < 1.29 is 71.0 Å². The number of amides is 9. The number of ether oxygens (including phenoxy) is 1. The first-order chi connectivity index (χ1) is 35.9. The zero-order valence-electron chi connectivity index (χ0n) is 41.5. The van der Waals surface area contributed by atoms with Gasteiger partial charge in [0.05, 0.1) is 35.7 Å². The van der Waals surface area contributed by atoms with Crippen molar-refractivity contribution in [3.05, 3.63) is 105 Å². The molecule has 4 aromatic rings. The lowest BCUT2D eigenvalue weighted by molar-refractivity contribution is -0.158. The van der Waals surface area contributed by atoms with Crippen molar-refractivity contribution in [2.75, 3.05) is 45.9 Å². The Bertz CT molecular complexity index is 3150. The van der Waals surface area contributed by atoms with Gasteiger partial charge in [0.25, 0.3) is 17.7 Å². The zero-order chi connectivity index (χ0) is 54.9. The summed E-state index contributed by atoms with van der Waals surface area (Å²) in [5.74, 6) is 0.162. The predicted octanol–water partition coefficient (Wildman–Crippen LogP) is 3.65. The van der Waals surface area contributed by atoms with Crippen LogP contribution in [0.2, 0.25) is 0 Å². The average Bonchev–Trinajstić information content (AvgIpc) is 3.94. The van der Waals surface area contributed by atoms with Crippen molar-refractivity contribution in [1.29, 1.82) is 0 Å². The van der Waals surface area contributed by atoms with Crippen LogP contribution in [-0.4, -0.2) is 147 Å². The second-order valence-electron chi connectivity index (χ2n) is 19.8. The van der Waals surface area contributed by atoms with Crippen LogP contribution in [0.4, 0.5) is 8.78 Å². The van der Waals surface area contributed by atoms with Gasteiger partial charge in [-0.05, 0) is 59.5 Å². The topological polar surface area (TPSA) is 269 Å². The van der Waals surface area contributed by atoms with E-state index in [1.165, 1.54) is 28.0 Å². The third kappa shape index (κ3) is 11.6. The normalized spacial score (nSPS) is 19.6. The Morgan fingerprint density at radius 2 is 1.67 bits per heavy atom. The number of hydrogen-bond donors (Lipinski definition) is 5. The molecule has 76 heavy (non-hydrogen) atoms. The van der Waals surface area contributed by atoms with Gasteiger partial charge < -0.3 is 39.9 Å². The maximum atomic E-state index is 14.8. The number of rotatable bonds is 13. The third-order valence-electron chi connectivity index (χ3n) is 13.5. The summed E-state index contributed by atoms with van der Waals surface area (Å²) in [6.45, 7) is 5.18. The van der Waals surface area contributed by atoms with Gasteiger partial charge in [0.2, 0.25) is 35.4 Å². The number of alkyl halides is 2. The highest BCUT2D eigenvalue weighted by Gasteiger charge is 2.51. The van der Waals surface area contributed by atoms with E-state index in [0.29, 0.717) is 11.1 Å². The molecule has 3 saturated heterocycles. The van der Waals surface area contributed by atoms with Crippen LogP contribution in [0.25, 0.3) is 10.1 Å². The van der Waals surface area contributed by atoms with Crippen LogP contribution in [-0.2, 0) is 43.7 Å². The number of halogens is 2. The third-order valence-corrected chi connectivity index (χ3v) is 15.6. The van der Waals surface area contributed by atoms with Crippen molar-refractivity contribution in [1.82, 2.24) is 35.6 Å². The summed E-state index contributed by atoms with van der Waals surface area (Å²) in [6.07, 6.45) is -0.511. The van der Waals surface area contributed by atoms with E-state index in [4.69, 9.17) is 4.74 Å². The molecule has 0 spiro atoms. The van der Waals surface area contributed by atoms with E-state index in [2.05, 4.69) is 27.8 Å². The molecule has 9 amide bonds. The van der Waals surface area contributed by atoms with Gasteiger partial charge in [0.15, 0.2) is 0 Å². The number of piperidine rings is 1. The van der Waals surface area contributed by atoms with Crippen molar-refractivity contribution in [3.63, 3.8) is 0 Å². The molecule has 0 bridgehead atoms. The summed E-state index contributed by atoms with van der Waals surface area (Å²) < 4.78 is 47.1. The quantitative estimate of drug-likeness (QED) is 0.0421. The van der Waals surface area contributed by atoms with Gasteiger partial charge in [-0.3, -0.25) is 57.9 Å². The number of thiophene rings is 1. The Balaban J connectivity index is 0.921. The van der Waals surface area contributed by atoms with Crippen LogP contribution < -0.4 is 16.0 Å². The molecule has 4 aliphatic heterocycles. The molecule has 8 rings (SSSR count). The Morgan fingerprint density at radius 3 is 2.38 bits per heavy atom. The van der Waals surface area contributed by atoms with Crippen LogP contribution >= 0.6 is 18.9 Å². The fourth-order valence-corrected chi connectivity index (χ4v) is 10.9. The number of carbonyl (C=O) groups excluding carboxylic acids is 9. The molecule has 0 saturated carbocycles. The Hall–Kier alpha value is -7.22. The van der Waals surface area contributed by atoms with Crippen molar-refractivity contribution in [2.45, 2.75) is 82.8 Å². The SMILES string of the molecule is CC(C)(C)[C@H](NC(=O)c1cc2cc(C(F)(F)P(=O)(O)O)ccc2s1)C(=O)N1CCN(C(=O)CC(=O)NCCCC#Cc2cccc3c2C(=O)N(C2CCC(=O)NC2=O)C3=O)C[C@H]1C(=O)N1CCOC(c2ccccc2)C1. The standard InChI is InChI=1S/C52H54F2N7O13PS/c1-51(2,3)44(57-46(66)39-26-32-25-33(16-18-38(32)76-39)52(53,54)75(71,72)73)50(70)60-22-21-58(28-36(60)48(68)59-23-24-74-37(29-59)30-11-6-4-7-12-30)42(64)27-41(63)55-20-9-5-8-13-31-14-10-15-34-43(31)49(69)61(47(34)67)35-17-19-40(62)56-45(35)65/h4,6-7,10-12,14-16,18,25-26,35-37,44H,5,9,17,19-24,27-29H2,1-3H3,(H,55,63)(H,57,66)(H,56,62,65)(H2,71,72,73)/t35?,36-,37?,44+/m0/s1. The minimum absolute atomic E-state index is 0.00606. The second kappa shape index (κ2) is 22.2. The largest absolute Gasteiger partial charge is 0.399 e. The Kier molecular flexibility index (Phi) is 16.0. The van der Waals surface area contributed by atoms with E-state index in [9.17, 15) is 66.3 Å². The molecular weight excluding hydrogens is 1030 g/mol. The van der Waals surface area contributed by atoms with Crippen molar-refractivity contribution in [2.24, 2.45) is 5.41 Å². The number of morpholine rings is 1. The summed E-state index contributed by atoms with van der Waals surface area (Å²) >= 11 is 0.909. The molecule has 2 unspecified atom stereocenters. The molecule has 0 aliphatic carbocycles. The summed E-state index contributed by atoms with van der Waals surface area (Å²) in [7, 11) is -5.88. The Labute approximate surface area is 438 Å². The van der Waals surface area contributed by atoms with Gasteiger partial charge in [-0.2, -0.15) is 8.78 Å². The molecule has 5 heterocycles. The minimum Gasteiger partial charge on any atom is -0.370 e. The number of unbranched alkanes of at least 4 members (excludes halogenated alkanes) is 1. The maximum Gasteiger partial charge on any atom is 0.399 e. The van der Waals surface area contributed by atoms with Gasteiger partial charge in [-0.25, -0.2) is 0 Å². The first-order valence-electron chi connectivity index (χ1n) is 24.4. The molecule has 20 nitrogen and oxygen atoms in total. The van der Waals surface area contributed by atoms with Crippen molar-refractivity contribution >= 4 is 82.2 Å². The molecule has 0 radical (unpaired) electrons. The highest BCUT2D eigenvalue weighted by atomic mass is 32.1. The van der Waals surface area contributed by atoms with E-state index in [0.717, 1.165) is 33.9 Å². The number of imide groups is 2. The lowest BCUT2D eigenvalue weighted by Crippen LogP contribution is -2.66. The van der Waals surface area contributed by atoms with Crippen LogP contribution in [0.3, 0.4) is 0 Å². The van der Waals surface area contributed by atoms with Gasteiger partial charge >= 0.3 is 13.3 Å². The molecule has 4 aliphatic rings. The first-order valence-corrected chi connectivity index (χ1v) is 26.8. The van der Waals surface area contributed by atoms with Gasteiger partial charge in [-0.15, -0.1) is 11.3 Å². The molecule has 24 heteroatoms. The van der Waals surface area contributed by atoms with E-state index < -0.39 is 108 Å². The number of nitrogens with zero attached hydrogens (tertiary/aromatic N) is 4. The smallest absolute Gasteiger partial charge is 0.370 e. The monoisotopic (exact) mass is 1090 g/mol. The number of fused-ring (bicyclic) bond motifs is 2. The molecule has 400 valence electrons. The summed E-state index contributed by atoms with van der Waals surface area (Å²) in [6, 6.07) is 14.4. The molecule has 3 fully saturated rings. The fraction of sp³-hybridized carbons (Fsp3) is 0.404. The van der Waals surface area contributed by atoms with Crippen LogP contribution in [0.5, 0.6) is 0 Å². The van der Waals surface area contributed by atoms with Gasteiger partial charge in [0.1, 0.15) is 30.7 Å². The number of piperazine rings is 1. The molecule has 5 N–H and O–H groups in total. The predicted molar refractivity (Wildman–Crippen MR) is 269 cm³/mol. The molecule has 4 atom stereocenters. The second-order valence-corrected chi connectivity index (χ2v) is 22.5. The van der Waals surface area contributed by atoms with Gasteiger partial charge in [-0.1, -0.05) is 75.1 Å². The maximum absolute atomic E-state index is 14.8. The Morgan fingerprint density at radius 1 is 0.921 bits per heavy atom. The zero-order valence-corrected chi connectivity index (χ0v) is 43.2. The molecular formula is C52H54F2N7O13PS. The number of carbonyl (C=O) groups is 9. The number of nitrogens with one attached hydrogen (secondary N) is 3. The van der Waals surface area contributed by atoms with Crippen LogP contribution in [0.1, 0.15) is 106 Å². The van der Waals surface area contributed by atoms with E-state index >= 15 is 0 Å². The van der Waals surface area contributed by atoms with Gasteiger partial charge in [0, 0.05) is 54.8 Å². The van der Waals surface area contributed by atoms with E-state index in [1.54, 1.807) is 37.8 Å². The lowest BCUT2D eigenvalue weighted by Gasteiger charge is -2.45. The van der Waals surface area contributed by atoms with Crippen LogP contribution in [0, 0.1) is 17.3 Å². The highest BCUT2D eigenvalue weighted by Crippen LogP contribution is 2.59. The minimum atomic E-state index is -5.88. The fourth-order valence-electron chi connectivity index (χ4n) is 9.43. The lowest BCUT2D eigenvalue weighted by atomic mass is 9.85. The average molecular weight is 1090 g/mol. The first kappa shape index (κ1) is 55.0. The number of benzene rings is 3. The summed E-state index contributed by atoms with van der Waals surface area (Å²) in [4.78, 5) is 145. The molecule has 3 aromatic carbocycles. The summed E-state index contributed by atoms with van der Waals surface area (Å²) in [5, 5.41) is 7.74. The van der Waals surface area contributed by atoms with E-state index in [1.807, 2.05) is 30.3 Å².